The lowest BCUT2D eigenvalue weighted by Crippen LogP contribution is -2.52. The van der Waals surface area contributed by atoms with Gasteiger partial charge in [0.2, 0.25) is 0 Å². The number of allylic oxidation sites excluding steroid dienone is 2. The molecule has 0 amide bonds. The van der Waals surface area contributed by atoms with E-state index in [0.717, 1.165) is 12.8 Å². The van der Waals surface area contributed by atoms with Crippen LogP contribution in [0.15, 0.2) is 23.8 Å². The second-order valence-electron chi connectivity index (χ2n) is 7.32. The van der Waals surface area contributed by atoms with E-state index < -0.39 is 11.7 Å². The van der Waals surface area contributed by atoms with E-state index >= 15 is 0 Å². The fourth-order valence-electron chi connectivity index (χ4n) is 4.10. The molecule has 120 valence electrons. The number of carbonyl (C=O) groups is 2. The standard InChI is InChI=1S/C18H24O4/c1-10(2)12-6-5-11(3)13-9-14(21-17(20)16(12)13)18(4)8-7-15(19)22-18/h5,7-8,10,12-14,16H,6,9H2,1-4H3/t12-,13+,14-,16-,18-/m1/s1. The van der Waals surface area contributed by atoms with Gasteiger partial charge in [0.15, 0.2) is 5.60 Å². The van der Waals surface area contributed by atoms with Crippen molar-refractivity contribution in [2.75, 3.05) is 0 Å². The minimum Gasteiger partial charge on any atom is -0.457 e. The molecule has 0 bridgehead atoms. The number of cyclic esters (lactones) is 2. The van der Waals surface area contributed by atoms with Gasteiger partial charge >= 0.3 is 11.9 Å². The maximum Gasteiger partial charge on any atom is 0.331 e. The predicted molar refractivity (Wildman–Crippen MR) is 81.8 cm³/mol. The summed E-state index contributed by atoms with van der Waals surface area (Å²) in [6.07, 6.45) is 6.65. The van der Waals surface area contributed by atoms with Crippen molar-refractivity contribution in [3.05, 3.63) is 23.8 Å². The van der Waals surface area contributed by atoms with Gasteiger partial charge in [-0.05, 0) is 50.5 Å². The van der Waals surface area contributed by atoms with Gasteiger partial charge in [0.25, 0.3) is 0 Å². The van der Waals surface area contributed by atoms with Crippen LogP contribution in [0.2, 0.25) is 0 Å². The summed E-state index contributed by atoms with van der Waals surface area (Å²) in [6.45, 7) is 8.24. The molecule has 3 rings (SSSR count). The van der Waals surface area contributed by atoms with Crippen molar-refractivity contribution in [1.29, 1.82) is 0 Å². The van der Waals surface area contributed by atoms with Crippen molar-refractivity contribution in [3.8, 4) is 0 Å². The Kier molecular flexibility index (Phi) is 3.66. The van der Waals surface area contributed by atoms with Gasteiger partial charge < -0.3 is 9.47 Å². The Morgan fingerprint density at radius 3 is 2.64 bits per heavy atom. The number of ether oxygens (including phenoxy) is 2. The van der Waals surface area contributed by atoms with Crippen LogP contribution in [0.25, 0.3) is 0 Å². The van der Waals surface area contributed by atoms with E-state index in [4.69, 9.17) is 9.47 Å². The highest BCUT2D eigenvalue weighted by atomic mass is 16.6. The number of fused-ring (bicyclic) bond motifs is 1. The first-order chi connectivity index (χ1) is 10.3. The lowest BCUT2D eigenvalue weighted by molar-refractivity contribution is -0.188. The molecule has 2 heterocycles. The topological polar surface area (TPSA) is 52.6 Å². The van der Waals surface area contributed by atoms with Crippen LogP contribution in [0.5, 0.6) is 0 Å². The van der Waals surface area contributed by atoms with Crippen molar-refractivity contribution in [3.63, 3.8) is 0 Å². The molecule has 5 atom stereocenters. The highest BCUT2D eigenvalue weighted by molar-refractivity contribution is 5.85. The van der Waals surface area contributed by atoms with E-state index in [1.54, 1.807) is 6.08 Å². The van der Waals surface area contributed by atoms with Gasteiger partial charge in [-0.15, -0.1) is 0 Å². The van der Waals surface area contributed by atoms with Crippen molar-refractivity contribution in [2.24, 2.45) is 23.7 Å². The van der Waals surface area contributed by atoms with Gasteiger partial charge in [-0.1, -0.05) is 25.5 Å². The van der Waals surface area contributed by atoms with Crippen molar-refractivity contribution >= 4 is 11.9 Å². The van der Waals surface area contributed by atoms with Crippen molar-refractivity contribution in [1.82, 2.24) is 0 Å². The highest BCUT2D eigenvalue weighted by Gasteiger charge is 2.52. The van der Waals surface area contributed by atoms with Crippen LogP contribution >= 0.6 is 0 Å². The summed E-state index contributed by atoms with van der Waals surface area (Å²) in [5.41, 5.74) is 0.434. The molecule has 1 saturated heterocycles. The predicted octanol–water partition coefficient (Wildman–Crippen LogP) is 3.03. The van der Waals surface area contributed by atoms with E-state index in [0.29, 0.717) is 11.8 Å². The molecule has 0 radical (unpaired) electrons. The molecule has 4 nitrogen and oxygen atoms in total. The molecule has 2 aliphatic heterocycles. The molecule has 0 saturated carbocycles. The van der Waals surface area contributed by atoms with Gasteiger partial charge in [-0.25, -0.2) is 4.79 Å². The SMILES string of the molecule is CC1=CC[C@H](C(C)C)[C@H]2C(=O)O[C@@H]([C@@]3(C)C=CC(=O)O3)C[C@@H]12. The number of carbonyl (C=O) groups excluding carboxylic acids is 2. The summed E-state index contributed by atoms with van der Waals surface area (Å²) in [5, 5.41) is 0. The molecule has 0 aromatic rings. The monoisotopic (exact) mass is 304 g/mol. The molecule has 4 heteroatoms. The zero-order chi connectivity index (χ0) is 16.1. The molecule has 0 unspecified atom stereocenters. The quantitative estimate of drug-likeness (QED) is 0.581. The van der Waals surface area contributed by atoms with Gasteiger partial charge in [-0.2, -0.15) is 0 Å². The zero-order valence-corrected chi connectivity index (χ0v) is 13.7. The maximum absolute atomic E-state index is 12.7. The Morgan fingerprint density at radius 2 is 2.05 bits per heavy atom. The molecule has 0 N–H and O–H groups in total. The van der Waals surface area contributed by atoms with Gasteiger partial charge in [0, 0.05) is 6.08 Å². The Labute approximate surface area is 131 Å². The molecule has 22 heavy (non-hydrogen) atoms. The maximum atomic E-state index is 12.7. The largest absolute Gasteiger partial charge is 0.457 e. The molecule has 3 aliphatic rings. The minimum absolute atomic E-state index is 0.0639. The molecule has 0 aromatic heterocycles. The molecule has 0 spiro atoms. The fraction of sp³-hybridized carbons (Fsp3) is 0.667. The first-order valence-electron chi connectivity index (χ1n) is 8.11. The van der Waals surface area contributed by atoms with Gasteiger partial charge in [-0.3, -0.25) is 4.79 Å². The van der Waals surface area contributed by atoms with Crippen LogP contribution in [0.3, 0.4) is 0 Å². The normalized spacial score (nSPS) is 41.0. The Morgan fingerprint density at radius 1 is 1.32 bits per heavy atom. The van der Waals surface area contributed by atoms with E-state index in [1.165, 1.54) is 11.6 Å². The third kappa shape index (κ3) is 2.38. The first-order valence-corrected chi connectivity index (χ1v) is 8.11. The van der Waals surface area contributed by atoms with E-state index in [-0.39, 0.29) is 23.8 Å². The molecular weight excluding hydrogens is 280 g/mol. The summed E-state index contributed by atoms with van der Waals surface area (Å²) in [7, 11) is 0. The highest BCUT2D eigenvalue weighted by Crippen LogP contribution is 2.47. The van der Waals surface area contributed by atoms with E-state index in [2.05, 4.69) is 26.8 Å². The van der Waals surface area contributed by atoms with E-state index in [9.17, 15) is 9.59 Å². The number of hydrogen-bond acceptors (Lipinski definition) is 4. The second-order valence-corrected chi connectivity index (χ2v) is 7.32. The minimum atomic E-state index is -0.831. The zero-order valence-electron chi connectivity index (χ0n) is 13.7. The lowest BCUT2D eigenvalue weighted by Gasteiger charge is -2.46. The number of hydrogen-bond donors (Lipinski definition) is 0. The lowest BCUT2D eigenvalue weighted by atomic mass is 9.64. The van der Waals surface area contributed by atoms with E-state index in [1.807, 2.05) is 6.92 Å². The number of rotatable bonds is 2. The third-order valence-electron chi connectivity index (χ3n) is 5.56. The molecule has 0 aromatic carbocycles. The first kappa shape index (κ1) is 15.3. The summed E-state index contributed by atoms with van der Waals surface area (Å²) in [4.78, 5) is 24.1. The third-order valence-corrected chi connectivity index (χ3v) is 5.56. The van der Waals surface area contributed by atoms with Crippen LogP contribution in [0, 0.1) is 23.7 Å². The Balaban J connectivity index is 1.87. The van der Waals surface area contributed by atoms with Gasteiger partial charge in [0.1, 0.15) is 6.10 Å². The Hall–Kier alpha value is -1.58. The van der Waals surface area contributed by atoms with Crippen LogP contribution in [0.4, 0.5) is 0 Å². The van der Waals surface area contributed by atoms with Crippen LogP contribution in [0.1, 0.15) is 40.5 Å². The summed E-state index contributed by atoms with van der Waals surface area (Å²) in [5.74, 6) is 0.404. The molecule has 1 aliphatic carbocycles. The van der Waals surface area contributed by atoms with Crippen LogP contribution in [-0.2, 0) is 19.1 Å². The van der Waals surface area contributed by atoms with Crippen LogP contribution in [-0.4, -0.2) is 23.6 Å². The fourth-order valence-corrected chi connectivity index (χ4v) is 4.10. The second kappa shape index (κ2) is 5.25. The summed E-state index contributed by atoms with van der Waals surface area (Å²) >= 11 is 0. The average molecular weight is 304 g/mol. The Bertz CT molecular complexity index is 559. The van der Waals surface area contributed by atoms with Gasteiger partial charge in [0.05, 0.1) is 5.92 Å². The average Bonchev–Trinajstić information content (AvgIpc) is 2.80. The summed E-state index contributed by atoms with van der Waals surface area (Å²) < 4.78 is 11.1. The molecular formula is C18H24O4. The van der Waals surface area contributed by atoms with Crippen molar-refractivity contribution in [2.45, 2.75) is 52.2 Å². The molecule has 1 fully saturated rings. The van der Waals surface area contributed by atoms with Crippen LogP contribution < -0.4 is 0 Å². The smallest absolute Gasteiger partial charge is 0.331 e. The van der Waals surface area contributed by atoms with Crippen molar-refractivity contribution < 1.29 is 19.1 Å². The number of esters is 2. The summed E-state index contributed by atoms with van der Waals surface area (Å²) in [6, 6.07) is 0.